The van der Waals surface area contributed by atoms with Crippen LogP contribution in [0.5, 0.6) is 0 Å². The van der Waals surface area contributed by atoms with Crippen LogP contribution >= 0.6 is 11.3 Å². The molecule has 124 valence electrons. The van der Waals surface area contributed by atoms with Crippen molar-refractivity contribution in [3.05, 3.63) is 40.9 Å². The van der Waals surface area contributed by atoms with Crippen molar-refractivity contribution in [3.63, 3.8) is 0 Å². The van der Waals surface area contributed by atoms with Gasteiger partial charge in [0.05, 0.1) is 12.0 Å². The summed E-state index contributed by atoms with van der Waals surface area (Å²) in [5.74, 6) is -0.0810. The van der Waals surface area contributed by atoms with Crippen LogP contribution in [-0.2, 0) is 9.59 Å². The second-order valence-corrected chi connectivity index (χ2v) is 7.39. The van der Waals surface area contributed by atoms with Crippen molar-refractivity contribution < 1.29 is 9.59 Å². The predicted molar refractivity (Wildman–Crippen MR) is 90.6 cm³/mol. The summed E-state index contributed by atoms with van der Waals surface area (Å²) in [7, 11) is 1.75. The number of carbonyl (C=O) groups excluding carboxylic acids is 2. The van der Waals surface area contributed by atoms with Crippen molar-refractivity contribution in [1.82, 2.24) is 15.1 Å². The molecule has 2 heterocycles. The Morgan fingerprint density at radius 1 is 1.25 bits per heavy atom. The van der Waals surface area contributed by atoms with Gasteiger partial charge in [-0.05, 0) is 18.4 Å². The second-order valence-electron chi connectivity index (χ2n) is 6.38. The minimum absolute atomic E-state index is 0.0139. The Balaban J connectivity index is 1.53. The first kappa shape index (κ1) is 15.3. The molecule has 6 nitrogen and oxygen atoms in total. The van der Waals surface area contributed by atoms with Crippen LogP contribution in [0.2, 0.25) is 0 Å². The van der Waals surface area contributed by atoms with Gasteiger partial charge in [0.25, 0.3) is 0 Å². The molecule has 0 spiro atoms. The number of anilines is 1. The van der Waals surface area contributed by atoms with E-state index < -0.39 is 5.92 Å². The molecular formula is C17H18N4O2S. The van der Waals surface area contributed by atoms with Crippen LogP contribution in [0.15, 0.2) is 30.3 Å². The van der Waals surface area contributed by atoms with Gasteiger partial charge < -0.3 is 10.2 Å². The lowest BCUT2D eigenvalue weighted by molar-refractivity contribution is -0.127. The van der Waals surface area contributed by atoms with E-state index in [1.54, 1.807) is 11.9 Å². The van der Waals surface area contributed by atoms with Crippen molar-refractivity contribution in [2.45, 2.75) is 31.2 Å². The minimum Gasteiger partial charge on any atom is -0.338 e. The molecule has 2 atom stereocenters. The molecule has 1 N–H and O–H groups in total. The van der Waals surface area contributed by atoms with Crippen LogP contribution < -0.4 is 5.32 Å². The molecule has 0 bridgehead atoms. The number of benzene rings is 1. The summed E-state index contributed by atoms with van der Waals surface area (Å²) < 4.78 is 0. The third kappa shape index (κ3) is 2.80. The highest BCUT2D eigenvalue weighted by molar-refractivity contribution is 7.15. The summed E-state index contributed by atoms with van der Waals surface area (Å²) in [5, 5.41) is 12.6. The fourth-order valence-electron chi connectivity index (χ4n) is 3.19. The maximum Gasteiger partial charge on any atom is 0.232 e. The molecule has 24 heavy (non-hydrogen) atoms. The zero-order chi connectivity index (χ0) is 16.7. The maximum absolute atomic E-state index is 12.7. The third-order valence-corrected chi connectivity index (χ3v) is 5.66. The molecule has 1 saturated heterocycles. The average Bonchev–Trinajstić information content (AvgIpc) is 3.27. The molecule has 2 amide bonds. The van der Waals surface area contributed by atoms with Gasteiger partial charge in [0, 0.05) is 19.4 Å². The highest BCUT2D eigenvalue weighted by Gasteiger charge is 2.43. The Labute approximate surface area is 143 Å². The fourth-order valence-corrected chi connectivity index (χ4v) is 4.10. The van der Waals surface area contributed by atoms with Crippen LogP contribution in [0.3, 0.4) is 0 Å². The Hall–Kier alpha value is -2.28. The van der Waals surface area contributed by atoms with Gasteiger partial charge in [-0.2, -0.15) is 0 Å². The Morgan fingerprint density at radius 3 is 2.71 bits per heavy atom. The van der Waals surface area contributed by atoms with E-state index in [9.17, 15) is 9.59 Å². The quantitative estimate of drug-likeness (QED) is 0.927. The van der Waals surface area contributed by atoms with E-state index in [2.05, 4.69) is 15.5 Å². The standard InChI is InChI=1S/C17H18N4O2S/c1-21-13(22)9-12(14(21)10-5-3-2-4-6-10)15(23)18-17-20-19-16(24-17)11-7-8-11/h2-6,11-12,14H,7-9H2,1H3,(H,18,20,23)/t12-,14+/m0/s1. The van der Waals surface area contributed by atoms with Crippen LogP contribution in [-0.4, -0.2) is 34.0 Å². The summed E-state index contributed by atoms with van der Waals surface area (Å²) >= 11 is 1.44. The van der Waals surface area contributed by atoms with Crippen LogP contribution in [0.4, 0.5) is 5.13 Å². The lowest BCUT2D eigenvalue weighted by Gasteiger charge is -2.24. The highest BCUT2D eigenvalue weighted by atomic mass is 32.1. The number of hydrogen-bond acceptors (Lipinski definition) is 5. The largest absolute Gasteiger partial charge is 0.338 e. The zero-order valence-corrected chi connectivity index (χ0v) is 14.1. The SMILES string of the molecule is CN1C(=O)C[C@H](C(=O)Nc2nnc(C3CC3)s2)[C@H]1c1ccccc1. The van der Waals surface area contributed by atoms with Crippen LogP contribution in [0.1, 0.15) is 41.8 Å². The van der Waals surface area contributed by atoms with Gasteiger partial charge in [-0.15, -0.1) is 10.2 Å². The molecule has 1 aromatic carbocycles. The Bertz CT molecular complexity index is 772. The van der Waals surface area contributed by atoms with Crippen molar-refractivity contribution >= 4 is 28.3 Å². The number of hydrogen-bond donors (Lipinski definition) is 1. The van der Waals surface area contributed by atoms with Gasteiger partial charge >= 0.3 is 0 Å². The summed E-state index contributed by atoms with van der Waals surface area (Å²) in [6.07, 6.45) is 2.53. The highest BCUT2D eigenvalue weighted by Crippen LogP contribution is 2.42. The molecule has 2 fully saturated rings. The minimum atomic E-state index is -0.418. The number of rotatable bonds is 4. The first-order valence-electron chi connectivity index (χ1n) is 8.08. The number of amides is 2. The second kappa shape index (κ2) is 5.98. The van der Waals surface area contributed by atoms with Gasteiger partial charge in [-0.3, -0.25) is 9.59 Å². The monoisotopic (exact) mass is 342 g/mol. The topological polar surface area (TPSA) is 75.2 Å². The molecule has 7 heteroatoms. The van der Waals surface area contributed by atoms with E-state index in [1.165, 1.54) is 11.3 Å². The van der Waals surface area contributed by atoms with E-state index in [1.807, 2.05) is 30.3 Å². The van der Waals surface area contributed by atoms with Crippen molar-refractivity contribution in [2.24, 2.45) is 5.92 Å². The third-order valence-electron chi connectivity index (χ3n) is 4.66. The normalized spacial score (nSPS) is 23.5. The molecular weight excluding hydrogens is 324 g/mol. The maximum atomic E-state index is 12.7. The van der Waals surface area contributed by atoms with Gasteiger partial charge in [-0.1, -0.05) is 41.7 Å². The Morgan fingerprint density at radius 2 is 2.00 bits per heavy atom. The van der Waals surface area contributed by atoms with Crippen LogP contribution in [0.25, 0.3) is 0 Å². The van der Waals surface area contributed by atoms with Gasteiger partial charge in [0.2, 0.25) is 16.9 Å². The number of nitrogens with zero attached hydrogens (tertiary/aromatic N) is 3. The lowest BCUT2D eigenvalue weighted by Crippen LogP contribution is -2.29. The number of nitrogens with one attached hydrogen (secondary N) is 1. The van der Waals surface area contributed by atoms with E-state index in [0.717, 1.165) is 23.4 Å². The molecule has 1 aromatic heterocycles. The van der Waals surface area contributed by atoms with E-state index >= 15 is 0 Å². The van der Waals surface area contributed by atoms with E-state index in [4.69, 9.17) is 0 Å². The Kier molecular flexibility index (Phi) is 3.80. The fraction of sp³-hybridized carbons (Fsp3) is 0.412. The predicted octanol–water partition coefficient (Wildman–Crippen LogP) is 2.57. The molecule has 0 unspecified atom stereocenters. The molecule has 4 rings (SSSR count). The molecule has 2 aliphatic rings. The van der Waals surface area contributed by atoms with Crippen LogP contribution in [0, 0.1) is 5.92 Å². The average molecular weight is 342 g/mol. The summed E-state index contributed by atoms with van der Waals surface area (Å²) in [6, 6.07) is 9.44. The molecule has 2 aromatic rings. The smallest absolute Gasteiger partial charge is 0.232 e. The molecule has 1 aliphatic heterocycles. The summed E-state index contributed by atoms with van der Waals surface area (Å²) in [6.45, 7) is 0. The van der Waals surface area contributed by atoms with Gasteiger partial charge in [0.15, 0.2) is 0 Å². The lowest BCUT2D eigenvalue weighted by atomic mass is 9.93. The van der Waals surface area contributed by atoms with E-state index in [-0.39, 0.29) is 24.3 Å². The number of likely N-dealkylation sites (tertiary alicyclic amines) is 1. The van der Waals surface area contributed by atoms with Gasteiger partial charge in [0.1, 0.15) is 5.01 Å². The van der Waals surface area contributed by atoms with E-state index in [0.29, 0.717) is 11.0 Å². The first-order chi connectivity index (χ1) is 11.6. The van der Waals surface area contributed by atoms with Crippen molar-refractivity contribution in [3.8, 4) is 0 Å². The zero-order valence-electron chi connectivity index (χ0n) is 13.3. The van der Waals surface area contributed by atoms with Gasteiger partial charge in [-0.25, -0.2) is 0 Å². The molecule has 0 radical (unpaired) electrons. The summed E-state index contributed by atoms with van der Waals surface area (Å²) in [4.78, 5) is 26.5. The molecule has 1 saturated carbocycles. The first-order valence-corrected chi connectivity index (χ1v) is 8.90. The number of aromatic nitrogens is 2. The van der Waals surface area contributed by atoms with Crippen molar-refractivity contribution in [1.29, 1.82) is 0 Å². The van der Waals surface area contributed by atoms with Crippen molar-refractivity contribution in [2.75, 3.05) is 12.4 Å². The molecule has 1 aliphatic carbocycles. The number of carbonyl (C=O) groups is 2. The summed E-state index contributed by atoms with van der Waals surface area (Å²) in [5.41, 5.74) is 0.974.